The van der Waals surface area contributed by atoms with E-state index < -0.39 is 5.91 Å². The van der Waals surface area contributed by atoms with Gasteiger partial charge in [-0.15, -0.1) is 0 Å². The number of halogens is 1. The van der Waals surface area contributed by atoms with Gasteiger partial charge in [-0.2, -0.15) is 5.10 Å². The monoisotopic (exact) mass is 290 g/mol. The van der Waals surface area contributed by atoms with Gasteiger partial charge in [0.15, 0.2) is 0 Å². The van der Waals surface area contributed by atoms with Gasteiger partial charge in [0.1, 0.15) is 0 Å². The van der Waals surface area contributed by atoms with Crippen LogP contribution in [0.2, 0.25) is 5.02 Å². The van der Waals surface area contributed by atoms with Gasteiger partial charge in [-0.1, -0.05) is 17.7 Å². The van der Waals surface area contributed by atoms with Crippen molar-refractivity contribution in [1.29, 1.82) is 0 Å². The second-order valence-corrected chi connectivity index (χ2v) is 5.40. The van der Waals surface area contributed by atoms with Gasteiger partial charge in [0, 0.05) is 23.8 Å². The number of rotatable bonds is 5. The highest BCUT2D eigenvalue weighted by Crippen LogP contribution is 2.23. The maximum absolute atomic E-state index is 11.2. The standard InChI is InChI=1S/C14H15ClN4O/c15-11-2-1-9(6-17-12-3-4-12)13(5-11)19-8-10(7-18-19)14(16)20/h1-2,5,7-8,12,17H,3-4,6H2,(H2,16,20). The van der Waals surface area contributed by atoms with Crippen LogP contribution in [0.15, 0.2) is 30.6 Å². The molecule has 1 saturated carbocycles. The molecule has 1 heterocycles. The van der Waals surface area contributed by atoms with E-state index in [0.717, 1.165) is 17.8 Å². The van der Waals surface area contributed by atoms with Crippen molar-refractivity contribution in [1.82, 2.24) is 15.1 Å². The number of benzene rings is 1. The summed E-state index contributed by atoms with van der Waals surface area (Å²) in [6, 6.07) is 6.28. The van der Waals surface area contributed by atoms with Crippen LogP contribution in [0, 0.1) is 0 Å². The predicted molar refractivity (Wildman–Crippen MR) is 77.0 cm³/mol. The van der Waals surface area contributed by atoms with Crippen molar-refractivity contribution in [2.45, 2.75) is 25.4 Å². The molecule has 3 rings (SSSR count). The molecule has 0 bridgehead atoms. The second kappa shape index (κ2) is 5.26. The third kappa shape index (κ3) is 2.84. The number of aromatic nitrogens is 2. The predicted octanol–water partition coefficient (Wildman–Crippen LogP) is 1.88. The van der Waals surface area contributed by atoms with E-state index in [1.165, 1.54) is 19.0 Å². The van der Waals surface area contributed by atoms with Gasteiger partial charge in [0.05, 0.1) is 17.4 Å². The van der Waals surface area contributed by atoms with Crippen LogP contribution in [0.1, 0.15) is 28.8 Å². The average Bonchev–Trinajstić information content (AvgIpc) is 3.11. The van der Waals surface area contributed by atoms with Crippen molar-refractivity contribution in [2.24, 2.45) is 5.73 Å². The summed E-state index contributed by atoms with van der Waals surface area (Å²) in [5.74, 6) is -0.490. The Bertz CT molecular complexity index is 648. The summed E-state index contributed by atoms with van der Waals surface area (Å²) in [6.07, 6.45) is 5.54. The first-order valence-corrected chi connectivity index (χ1v) is 6.88. The molecule has 0 aliphatic heterocycles. The first-order valence-electron chi connectivity index (χ1n) is 6.50. The maximum Gasteiger partial charge on any atom is 0.251 e. The van der Waals surface area contributed by atoms with Gasteiger partial charge < -0.3 is 11.1 Å². The molecule has 1 amide bonds. The summed E-state index contributed by atoms with van der Waals surface area (Å²) in [6.45, 7) is 0.753. The highest BCUT2D eigenvalue weighted by Gasteiger charge is 2.20. The maximum atomic E-state index is 11.2. The summed E-state index contributed by atoms with van der Waals surface area (Å²) in [5, 5.41) is 8.27. The van der Waals surface area contributed by atoms with Crippen LogP contribution in [0.3, 0.4) is 0 Å². The minimum Gasteiger partial charge on any atom is -0.366 e. The molecule has 20 heavy (non-hydrogen) atoms. The molecule has 1 aromatic heterocycles. The molecule has 1 aromatic carbocycles. The zero-order valence-electron chi connectivity index (χ0n) is 10.8. The third-order valence-electron chi connectivity index (χ3n) is 3.32. The van der Waals surface area contributed by atoms with E-state index in [4.69, 9.17) is 17.3 Å². The summed E-state index contributed by atoms with van der Waals surface area (Å²) < 4.78 is 1.63. The van der Waals surface area contributed by atoms with E-state index in [2.05, 4.69) is 10.4 Å². The van der Waals surface area contributed by atoms with Crippen molar-refractivity contribution >= 4 is 17.5 Å². The number of carbonyl (C=O) groups excluding carboxylic acids is 1. The molecule has 0 spiro atoms. The molecule has 1 aliphatic rings. The quantitative estimate of drug-likeness (QED) is 0.883. The lowest BCUT2D eigenvalue weighted by atomic mass is 10.1. The average molecular weight is 291 g/mol. The number of amides is 1. The number of primary amides is 1. The molecular formula is C14H15ClN4O. The lowest BCUT2D eigenvalue weighted by molar-refractivity contribution is 0.100. The molecule has 1 aliphatic carbocycles. The minimum absolute atomic E-state index is 0.381. The van der Waals surface area contributed by atoms with Crippen LogP contribution in [-0.2, 0) is 6.54 Å². The summed E-state index contributed by atoms with van der Waals surface area (Å²) in [7, 11) is 0. The topological polar surface area (TPSA) is 72.9 Å². The largest absolute Gasteiger partial charge is 0.366 e. The number of nitrogens with two attached hydrogens (primary N) is 1. The van der Waals surface area contributed by atoms with E-state index in [1.807, 2.05) is 18.2 Å². The Balaban J connectivity index is 1.91. The Morgan fingerprint density at radius 1 is 1.50 bits per heavy atom. The molecule has 104 valence electrons. The lowest BCUT2D eigenvalue weighted by Crippen LogP contribution is -2.17. The van der Waals surface area contributed by atoms with Gasteiger partial charge in [-0.25, -0.2) is 4.68 Å². The minimum atomic E-state index is -0.490. The highest BCUT2D eigenvalue weighted by molar-refractivity contribution is 6.30. The number of carbonyl (C=O) groups is 1. The van der Waals surface area contributed by atoms with Crippen molar-refractivity contribution in [3.05, 3.63) is 46.7 Å². The van der Waals surface area contributed by atoms with Crippen molar-refractivity contribution in [3.8, 4) is 5.69 Å². The van der Waals surface area contributed by atoms with E-state index in [0.29, 0.717) is 16.6 Å². The van der Waals surface area contributed by atoms with E-state index >= 15 is 0 Å². The van der Waals surface area contributed by atoms with Crippen LogP contribution in [0.5, 0.6) is 0 Å². The molecule has 3 N–H and O–H groups in total. The van der Waals surface area contributed by atoms with Gasteiger partial charge in [-0.05, 0) is 30.5 Å². The summed E-state index contributed by atoms with van der Waals surface area (Å²) >= 11 is 6.06. The zero-order valence-corrected chi connectivity index (χ0v) is 11.6. The molecule has 0 atom stereocenters. The molecule has 0 radical (unpaired) electrons. The van der Waals surface area contributed by atoms with Gasteiger partial charge in [0.2, 0.25) is 0 Å². The number of nitrogens with zero attached hydrogens (tertiary/aromatic N) is 2. The highest BCUT2D eigenvalue weighted by atomic mass is 35.5. The summed E-state index contributed by atoms with van der Waals surface area (Å²) in [4.78, 5) is 11.2. The molecule has 6 heteroatoms. The van der Waals surface area contributed by atoms with Crippen LogP contribution < -0.4 is 11.1 Å². The van der Waals surface area contributed by atoms with E-state index in [-0.39, 0.29) is 0 Å². The van der Waals surface area contributed by atoms with Crippen LogP contribution >= 0.6 is 11.6 Å². The smallest absolute Gasteiger partial charge is 0.251 e. The zero-order chi connectivity index (χ0) is 14.1. The van der Waals surface area contributed by atoms with Gasteiger partial charge >= 0.3 is 0 Å². The molecule has 0 saturated heterocycles. The molecule has 1 fully saturated rings. The van der Waals surface area contributed by atoms with Crippen LogP contribution in [0.25, 0.3) is 5.69 Å². The molecule has 2 aromatic rings. The van der Waals surface area contributed by atoms with Crippen LogP contribution in [0.4, 0.5) is 0 Å². The molecule has 5 nitrogen and oxygen atoms in total. The fraction of sp³-hybridized carbons (Fsp3) is 0.286. The summed E-state index contributed by atoms with van der Waals surface area (Å²) in [5.41, 5.74) is 7.57. The third-order valence-corrected chi connectivity index (χ3v) is 3.55. The van der Waals surface area contributed by atoms with Gasteiger partial charge in [-0.3, -0.25) is 4.79 Å². The SMILES string of the molecule is NC(=O)c1cnn(-c2cc(Cl)ccc2CNC2CC2)c1. The van der Waals surface area contributed by atoms with Crippen LogP contribution in [-0.4, -0.2) is 21.7 Å². The van der Waals surface area contributed by atoms with Crippen molar-refractivity contribution < 1.29 is 4.79 Å². The normalized spacial score (nSPS) is 14.4. The van der Waals surface area contributed by atoms with Crippen molar-refractivity contribution in [2.75, 3.05) is 0 Å². The van der Waals surface area contributed by atoms with Crippen molar-refractivity contribution in [3.63, 3.8) is 0 Å². The molecule has 0 unspecified atom stereocenters. The number of hydrogen-bond donors (Lipinski definition) is 2. The van der Waals surface area contributed by atoms with E-state index in [9.17, 15) is 4.79 Å². The second-order valence-electron chi connectivity index (χ2n) is 4.97. The Labute approximate surface area is 121 Å². The number of nitrogens with one attached hydrogen (secondary N) is 1. The number of hydrogen-bond acceptors (Lipinski definition) is 3. The Hall–Kier alpha value is -1.85. The Morgan fingerprint density at radius 3 is 2.95 bits per heavy atom. The fourth-order valence-electron chi connectivity index (χ4n) is 2.02. The molecular weight excluding hydrogens is 276 g/mol. The van der Waals surface area contributed by atoms with E-state index in [1.54, 1.807) is 10.9 Å². The van der Waals surface area contributed by atoms with Gasteiger partial charge in [0.25, 0.3) is 5.91 Å². The first-order chi connectivity index (χ1) is 9.63. The first kappa shape index (κ1) is 13.1. The Morgan fingerprint density at radius 2 is 2.30 bits per heavy atom. The fourth-order valence-corrected chi connectivity index (χ4v) is 2.19. The Kier molecular flexibility index (Phi) is 3.46. The lowest BCUT2D eigenvalue weighted by Gasteiger charge is -2.11.